The van der Waals surface area contributed by atoms with Crippen LogP contribution in [0.1, 0.15) is 92.7 Å². The number of likely N-dealkylation sites (tertiary alicyclic amines) is 1. The van der Waals surface area contributed by atoms with Crippen molar-refractivity contribution < 1.29 is 14.3 Å². The molecular weight excluding hydrogens is 480 g/mol. The molecule has 1 saturated heterocycles. The molecule has 0 spiro atoms. The van der Waals surface area contributed by atoms with Gasteiger partial charge in [-0.15, -0.1) is 0 Å². The Kier molecular flexibility index (Phi) is 8.52. The van der Waals surface area contributed by atoms with Gasteiger partial charge in [0.15, 0.2) is 11.5 Å². The monoisotopic (exact) mass is 518 g/mol. The number of anilines is 1. The van der Waals surface area contributed by atoms with Crippen LogP contribution in [-0.2, 0) is 4.74 Å². The molecule has 1 fully saturated rings. The van der Waals surface area contributed by atoms with E-state index in [-0.39, 0.29) is 23.5 Å². The first-order valence-electron chi connectivity index (χ1n) is 13.4. The van der Waals surface area contributed by atoms with Crippen molar-refractivity contribution in [2.75, 3.05) is 32.1 Å². The van der Waals surface area contributed by atoms with E-state index in [9.17, 15) is 9.59 Å². The van der Waals surface area contributed by atoms with E-state index in [0.29, 0.717) is 12.6 Å². The maximum absolute atomic E-state index is 12.8. The van der Waals surface area contributed by atoms with E-state index in [1.54, 1.807) is 11.9 Å². The summed E-state index contributed by atoms with van der Waals surface area (Å²) >= 11 is 0. The number of carbonyl (C=O) groups is 2. The summed E-state index contributed by atoms with van der Waals surface area (Å²) in [6.07, 6.45) is 9.75. The topological polar surface area (TPSA) is 114 Å². The van der Waals surface area contributed by atoms with Crippen molar-refractivity contribution in [1.82, 2.24) is 19.8 Å². The highest BCUT2D eigenvalue weighted by molar-refractivity contribution is 6.03. The SMILES string of the molecule is CN(CN1CCC(c2ccc(NC(=O)c3nc(C#N)c[nH]3)c(C3=CCCCC3)c2)CC1)C(=O)OC(C)(C)C. The molecule has 1 aromatic heterocycles. The minimum Gasteiger partial charge on any atom is -0.444 e. The molecule has 0 atom stereocenters. The van der Waals surface area contributed by atoms with Gasteiger partial charge in [-0.1, -0.05) is 12.1 Å². The van der Waals surface area contributed by atoms with Crippen molar-refractivity contribution in [3.8, 4) is 6.07 Å². The highest BCUT2D eigenvalue weighted by Gasteiger charge is 2.26. The Morgan fingerprint density at radius 2 is 2.03 bits per heavy atom. The van der Waals surface area contributed by atoms with Crippen LogP contribution in [0.4, 0.5) is 10.5 Å². The predicted molar refractivity (Wildman–Crippen MR) is 147 cm³/mol. The largest absolute Gasteiger partial charge is 0.444 e. The fourth-order valence-electron chi connectivity index (χ4n) is 5.06. The molecule has 1 aliphatic carbocycles. The van der Waals surface area contributed by atoms with Crippen LogP contribution in [0, 0.1) is 11.3 Å². The van der Waals surface area contributed by atoms with Crippen LogP contribution in [0.15, 0.2) is 30.5 Å². The molecule has 2 heterocycles. The molecule has 1 aromatic carbocycles. The number of allylic oxidation sites excluding steroid dienone is 2. The van der Waals surface area contributed by atoms with Crippen LogP contribution < -0.4 is 5.32 Å². The van der Waals surface area contributed by atoms with E-state index in [1.165, 1.54) is 23.8 Å². The normalized spacial score (nSPS) is 16.9. The van der Waals surface area contributed by atoms with Crippen LogP contribution in [-0.4, -0.2) is 64.2 Å². The molecule has 9 heteroatoms. The fraction of sp³-hybridized carbons (Fsp3) is 0.517. The third-order valence-corrected chi connectivity index (χ3v) is 7.01. The summed E-state index contributed by atoms with van der Waals surface area (Å²) in [6.45, 7) is 7.97. The molecular formula is C29H38N6O3. The minimum atomic E-state index is -0.507. The minimum absolute atomic E-state index is 0.123. The smallest absolute Gasteiger partial charge is 0.411 e. The van der Waals surface area contributed by atoms with E-state index in [0.717, 1.165) is 56.4 Å². The number of amides is 2. The van der Waals surface area contributed by atoms with Gasteiger partial charge in [0.1, 0.15) is 11.7 Å². The van der Waals surface area contributed by atoms with Crippen LogP contribution in [0.2, 0.25) is 0 Å². The Balaban J connectivity index is 1.44. The van der Waals surface area contributed by atoms with E-state index in [2.05, 4.69) is 38.4 Å². The number of imidazole rings is 1. The van der Waals surface area contributed by atoms with Crippen molar-refractivity contribution in [3.63, 3.8) is 0 Å². The van der Waals surface area contributed by atoms with Crippen molar-refractivity contribution in [1.29, 1.82) is 5.26 Å². The number of hydrogen-bond donors (Lipinski definition) is 2. The number of H-pyrrole nitrogens is 1. The Morgan fingerprint density at radius 3 is 2.66 bits per heavy atom. The number of aromatic amines is 1. The second-order valence-electron chi connectivity index (χ2n) is 11.2. The molecule has 1 aliphatic heterocycles. The zero-order valence-electron chi connectivity index (χ0n) is 22.8. The maximum atomic E-state index is 12.8. The molecule has 2 amide bonds. The van der Waals surface area contributed by atoms with Gasteiger partial charge >= 0.3 is 6.09 Å². The molecule has 0 radical (unpaired) electrons. The number of carbonyl (C=O) groups excluding carboxylic acids is 2. The fourth-order valence-corrected chi connectivity index (χ4v) is 5.06. The van der Waals surface area contributed by atoms with Gasteiger partial charge < -0.3 is 15.0 Å². The molecule has 38 heavy (non-hydrogen) atoms. The number of nitrogens with zero attached hydrogens (tertiary/aromatic N) is 4. The summed E-state index contributed by atoms with van der Waals surface area (Å²) in [6, 6.07) is 8.28. The summed E-state index contributed by atoms with van der Waals surface area (Å²) in [5.41, 5.74) is 4.04. The zero-order chi connectivity index (χ0) is 27.3. The van der Waals surface area contributed by atoms with Crippen LogP contribution in [0.3, 0.4) is 0 Å². The molecule has 202 valence electrons. The molecule has 0 unspecified atom stereocenters. The first-order valence-corrected chi connectivity index (χ1v) is 13.4. The quantitative estimate of drug-likeness (QED) is 0.522. The summed E-state index contributed by atoms with van der Waals surface area (Å²) in [5, 5.41) is 12.0. The van der Waals surface area contributed by atoms with E-state index in [4.69, 9.17) is 10.00 Å². The van der Waals surface area contributed by atoms with E-state index >= 15 is 0 Å². The number of benzene rings is 1. The van der Waals surface area contributed by atoms with Gasteiger partial charge in [-0.25, -0.2) is 9.78 Å². The number of ether oxygens (including phenoxy) is 1. The zero-order valence-corrected chi connectivity index (χ0v) is 22.8. The van der Waals surface area contributed by atoms with Crippen LogP contribution in [0.5, 0.6) is 0 Å². The molecule has 0 saturated carbocycles. The van der Waals surface area contributed by atoms with E-state index < -0.39 is 5.60 Å². The number of piperidine rings is 1. The van der Waals surface area contributed by atoms with Crippen LogP contribution >= 0.6 is 0 Å². The molecule has 2 aliphatic rings. The lowest BCUT2D eigenvalue weighted by molar-refractivity contribution is 0.0168. The number of rotatable bonds is 6. The standard InChI is InChI=1S/C29H38N6O3/c1-29(2,3)38-28(37)34(4)19-35-14-12-20(13-15-35)22-10-11-25(24(16-22)21-8-6-5-7-9-21)33-27(36)26-31-18-23(17-30)32-26/h8,10-11,16,18,20H,5-7,9,12-15,19H2,1-4H3,(H,31,32)(H,33,36). The Hall–Kier alpha value is -3.64. The van der Waals surface area contributed by atoms with Gasteiger partial charge in [-0.2, -0.15) is 5.26 Å². The molecule has 2 aromatic rings. The Bertz CT molecular complexity index is 1230. The molecule has 2 N–H and O–H groups in total. The van der Waals surface area contributed by atoms with Gasteiger partial charge in [0.25, 0.3) is 5.91 Å². The maximum Gasteiger partial charge on any atom is 0.411 e. The van der Waals surface area contributed by atoms with Gasteiger partial charge in [0.05, 0.1) is 6.67 Å². The highest BCUT2D eigenvalue weighted by atomic mass is 16.6. The first-order chi connectivity index (χ1) is 18.1. The average molecular weight is 519 g/mol. The second-order valence-corrected chi connectivity index (χ2v) is 11.2. The van der Waals surface area contributed by atoms with Crippen molar-refractivity contribution in [2.24, 2.45) is 0 Å². The number of nitriles is 1. The van der Waals surface area contributed by atoms with Gasteiger partial charge in [0, 0.05) is 37.6 Å². The summed E-state index contributed by atoms with van der Waals surface area (Å²) < 4.78 is 5.48. The Morgan fingerprint density at radius 1 is 1.26 bits per heavy atom. The lowest BCUT2D eigenvalue weighted by Crippen LogP contribution is -2.44. The summed E-state index contributed by atoms with van der Waals surface area (Å²) in [7, 11) is 1.78. The Labute approximate surface area is 224 Å². The summed E-state index contributed by atoms with van der Waals surface area (Å²) in [4.78, 5) is 35.9. The molecule has 4 rings (SSSR count). The first kappa shape index (κ1) is 27.4. The summed E-state index contributed by atoms with van der Waals surface area (Å²) in [5.74, 6) is 0.172. The van der Waals surface area contributed by atoms with Crippen molar-refractivity contribution in [2.45, 2.75) is 70.8 Å². The van der Waals surface area contributed by atoms with Crippen LogP contribution in [0.25, 0.3) is 5.57 Å². The highest BCUT2D eigenvalue weighted by Crippen LogP contribution is 2.36. The third-order valence-electron chi connectivity index (χ3n) is 7.01. The lowest BCUT2D eigenvalue weighted by Gasteiger charge is -2.35. The van der Waals surface area contributed by atoms with Crippen molar-refractivity contribution in [3.05, 3.63) is 53.1 Å². The van der Waals surface area contributed by atoms with Gasteiger partial charge in [-0.05, 0) is 88.5 Å². The van der Waals surface area contributed by atoms with Crippen molar-refractivity contribution >= 4 is 23.3 Å². The molecule has 9 nitrogen and oxygen atoms in total. The van der Waals surface area contributed by atoms with Gasteiger partial charge in [0.2, 0.25) is 0 Å². The lowest BCUT2D eigenvalue weighted by atomic mass is 9.85. The average Bonchev–Trinajstić information content (AvgIpc) is 3.39. The number of nitrogens with one attached hydrogen (secondary N) is 2. The number of hydrogen-bond acceptors (Lipinski definition) is 6. The molecule has 0 bridgehead atoms. The van der Waals surface area contributed by atoms with E-state index in [1.807, 2.05) is 32.9 Å². The van der Waals surface area contributed by atoms with Gasteiger partial charge in [-0.3, -0.25) is 14.6 Å². The second kappa shape index (κ2) is 11.8. The number of aromatic nitrogens is 2. The third kappa shape index (κ3) is 7.01. The predicted octanol–water partition coefficient (Wildman–Crippen LogP) is 5.49.